The summed E-state index contributed by atoms with van der Waals surface area (Å²) in [6, 6.07) is -0.0685. The Morgan fingerprint density at radius 3 is 2.69 bits per heavy atom. The third kappa shape index (κ3) is 3.64. The van der Waals surface area contributed by atoms with Crippen LogP contribution in [0.5, 0.6) is 0 Å². The second kappa shape index (κ2) is 6.06. The molecule has 5 nitrogen and oxygen atoms in total. The van der Waals surface area contributed by atoms with Crippen molar-refractivity contribution in [3.05, 3.63) is 0 Å². The third-order valence-corrected chi connectivity index (χ3v) is 3.18. The number of ether oxygens (including phenoxy) is 1. The van der Waals surface area contributed by atoms with Gasteiger partial charge in [-0.25, -0.2) is 4.79 Å². The lowest BCUT2D eigenvalue weighted by atomic mass is 10.0. The number of amides is 2. The minimum absolute atomic E-state index is 0.0685. The molecule has 0 aliphatic carbocycles. The summed E-state index contributed by atoms with van der Waals surface area (Å²) in [5.41, 5.74) is 0. The Morgan fingerprint density at radius 1 is 1.25 bits per heavy atom. The lowest BCUT2D eigenvalue weighted by molar-refractivity contribution is 0.0184. The molecule has 2 saturated heterocycles. The van der Waals surface area contributed by atoms with E-state index in [1.54, 1.807) is 0 Å². The van der Waals surface area contributed by atoms with Gasteiger partial charge in [0.05, 0.1) is 6.10 Å². The Kier molecular flexibility index (Phi) is 4.42. The number of carbonyl (C=O) groups excluding carboxylic acids is 1. The predicted molar refractivity (Wildman–Crippen MR) is 61.4 cm³/mol. The summed E-state index contributed by atoms with van der Waals surface area (Å²) in [4.78, 5) is 11.4. The molecule has 0 spiro atoms. The van der Waals surface area contributed by atoms with Crippen LogP contribution in [0, 0.1) is 5.92 Å². The zero-order valence-corrected chi connectivity index (χ0v) is 9.63. The van der Waals surface area contributed by atoms with Crippen molar-refractivity contribution in [2.45, 2.75) is 25.4 Å². The van der Waals surface area contributed by atoms with Crippen LogP contribution in [-0.2, 0) is 4.74 Å². The van der Waals surface area contributed by atoms with E-state index in [1.165, 1.54) is 6.42 Å². The quantitative estimate of drug-likeness (QED) is 0.637. The van der Waals surface area contributed by atoms with Gasteiger partial charge in [0.2, 0.25) is 0 Å². The number of hydrogen-bond donors (Lipinski definition) is 3. The molecule has 2 fully saturated rings. The molecular formula is C11H21N3O2. The molecule has 1 unspecified atom stereocenters. The maximum absolute atomic E-state index is 11.4. The van der Waals surface area contributed by atoms with E-state index in [0.29, 0.717) is 12.5 Å². The van der Waals surface area contributed by atoms with Crippen molar-refractivity contribution in [2.24, 2.45) is 5.92 Å². The van der Waals surface area contributed by atoms with E-state index < -0.39 is 0 Å². The lowest BCUT2D eigenvalue weighted by Crippen LogP contribution is -2.50. The Bertz CT molecular complexity index is 225. The Hall–Kier alpha value is -0.810. The maximum atomic E-state index is 11.4. The summed E-state index contributed by atoms with van der Waals surface area (Å²) in [6.07, 6.45) is 3.64. The summed E-state index contributed by atoms with van der Waals surface area (Å²) in [5, 5.41) is 8.92. The highest BCUT2D eigenvalue weighted by molar-refractivity contribution is 5.73. The molecule has 0 bridgehead atoms. The van der Waals surface area contributed by atoms with E-state index in [1.807, 2.05) is 0 Å². The highest BCUT2D eigenvalue weighted by Gasteiger charge is 2.18. The first-order valence-electron chi connectivity index (χ1n) is 6.18. The van der Waals surface area contributed by atoms with Gasteiger partial charge in [0.15, 0.2) is 0 Å². The second-order valence-electron chi connectivity index (χ2n) is 4.60. The van der Waals surface area contributed by atoms with Crippen LogP contribution in [-0.4, -0.2) is 44.9 Å². The first kappa shape index (κ1) is 11.7. The molecule has 0 aromatic rings. The summed E-state index contributed by atoms with van der Waals surface area (Å²) < 4.78 is 5.53. The molecule has 2 amide bonds. The fourth-order valence-corrected chi connectivity index (χ4v) is 1.97. The summed E-state index contributed by atoms with van der Waals surface area (Å²) in [5.74, 6) is 0.608. The molecule has 2 aliphatic rings. The molecule has 2 heterocycles. The van der Waals surface area contributed by atoms with Crippen molar-refractivity contribution in [3.8, 4) is 0 Å². The predicted octanol–water partition coefficient (Wildman–Crippen LogP) is 0.0741. The smallest absolute Gasteiger partial charge is 0.314 e. The SMILES string of the molecule is O=C(NCC1CNC1)NCC1CCCCO1. The van der Waals surface area contributed by atoms with Gasteiger partial charge < -0.3 is 20.7 Å². The largest absolute Gasteiger partial charge is 0.376 e. The van der Waals surface area contributed by atoms with E-state index in [9.17, 15) is 4.79 Å². The van der Waals surface area contributed by atoms with Crippen molar-refractivity contribution in [1.82, 2.24) is 16.0 Å². The van der Waals surface area contributed by atoms with Crippen LogP contribution in [0.2, 0.25) is 0 Å². The van der Waals surface area contributed by atoms with Crippen LogP contribution in [0.3, 0.4) is 0 Å². The number of urea groups is 1. The summed E-state index contributed by atoms with van der Waals surface area (Å²) >= 11 is 0. The van der Waals surface area contributed by atoms with Crippen LogP contribution < -0.4 is 16.0 Å². The van der Waals surface area contributed by atoms with E-state index >= 15 is 0 Å². The minimum Gasteiger partial charge on any atom is -0.376 e. The maximum Gasteiger partial charge on any atom is 0.314 e. The molecule has 92 valence electrons. The lowest BCUT2D eigenvalue weighted by Gasteiger charge is -2.27. The fourth-order valence-electron chi connectivity index (χ4n) is 1.97. The van der Waals surface area contributed by atoms with Gasteiger partial charge in [-0.05, 0) is 19.3 Å². The van der Waals surface area contributed by atoms with E-state index in [4.69, 9.17) is 4.74 Å². The van der Waals surface area contributed by atoms with Crippen molar-refractivity contribution in [1.29, 1.82) is 0 Å². The van der Waals surface area contributed by atoms with Crippen molar-refractivity contribution in [3.63, 3.8) is 0 Å². The average Bonchev–Trinajstić information content (AvgIpc) is 2.26. The summed E-state index contributed by atoms with van der Waals surface area (Å²) in [7, 11) is 0. The molecule has 0 aromatic heterocycles. The van der Waals surface area contributed by atoms with Gasteiger partial charge in [0, 0.05) is 38.7 Å². The van der Waals surface area contributed by atoms with Gasteiger partial charge in [-0.15, -0.1) is 0 Å². The van der Waals surface area contributed by atoms with Gasteiger partial charge in [0.1, 0.15) is 0 Å². The molecule has 16 heavy (non-hydrogen) atoms. The minimum atomic E-state index is -0.0685. The van der Waals surface area contributed by atoms with Gasteiger partial charge in [-0.2, -0.15) is 0 Å². The number of hydrogen-bond acceptors (Lipinski definition) is 3. The molecule has 3 N–H and O–H groups in total. The molecular weight excluding hydrogens is 206 g/mol. The average molecular weight is 227 g/mol. The third-order valence-electron chi connectivity index (χ3n) is 3.18. The number of carbonyl (C=O) groups is 1. The normalized spacial score (nSPS) is 25.9. The molecule has 0 saturated carbocycles. The highest BCUT2D eigenvalue weighted by atomic mass is 16.5. The molecule has 0 aromatic carbocycles. The Balaban J connectivity index is 1.52. The molecule has 0 radical (unpaired) electrons. The zero-order valence-electron chi connectivity index (χ0n) is 9.63. The Labute approximate surface area is 96.3 Å². The number of nitrogens with one attached hydrogen (secondary N) is 3. The van der Waals surface area contributed by atoms with E-state index in [2.05, 4.69) is 16.0 Å². The van der Waals surface area contributed by atoms with E-state index in [-0.39, 0.29) is 12.1 Å². The van der Waals surface area contributed by atoms with Crippen LogP contribution >= 0.6 is 0 Å². The fraction of sp³-hybridized carbons (Fsp3) is 0.909. The Morgan fingerprint density at radius 2 is 2.06 bits per heavy atom. The van der Waals surface area contributed by atoms with Gasteiger partial charge in [0.25, 0.3) is 0 Å². The standard InChI is InChI=1S/C11H21N3O2/c15-11(13-7-9-5-12-6-9)14-8-10-3-1-2-4-16-10/h9-10,12H,1-8H2,(H2,13,14,15). The van der Waals surface area contributed by atoms with Gasteiger partial charge in [-0.1, -0.05) is 0 Å². The van der Waals surface area contributed by atoms with Crippen LogP contribution in [0.4, 0.5) is 4.79 Å². The molecule has 2 aliphatic heterocycles. The molecule has 1 atom stereocenters. The number of rotatable bonds is 4. The summed E-state index contributed by atoms with van der Waals surface area (Å²) in [6.45, 7) is 4.28. The van der Waals surface area contributed by atoms with Gasteiger partial charge in [-0.3, -0.25) is 0 Å². The monoisotopic (exact) mass is 227 g/mol. The zero-order chi connectivity index (χ0) is 11.2. The van der Waals surface area contributed by atoms with Crippen molar-refractivity contribution >= 4 is 6.03 Å². The first-order chi connectivity index (χ1) is 7.84. The van der Waals surface area contributed by atoms with Crippen LogP contribution in [0.15, 0.2) is 0 Å². The highest BCUT2D eigenvalue weighted by Crippen LogP contribution is 2.11. The second-order valence-corrected chi connectivity index (χ2v) is 4.60. The van der Waals surface area contributed by atoms with E-state index in [0.717, 1.165) is 39.1 Å². The van der Waals surface area contributed by atoms with Crippen LogP contribution in [0.25, 0.3) is 0 Å². The topological polar surface area (TPSA) is 62.4 Å². The van der Waals surface area contributed by atoms with Crippen molar-refractivity contribution < 1.29 is 9.53 Å². The van der Waals surface area contributed by atoms with Gasteiger partial charge >= 0.3 is 6.03 Å². The van der Waals surface area contributed by atoms with Crippen molar-refractivity contribution in [2.75, 3.05) is 32.8 Å². The molecule has 2 rings (SSSR count). The molecule has 5 heteroatoms. The van der Waals surface area contributed by atoms with Crippen LogP contribution in [0.1, 0.15) is 19.3 Å². The first-order valence-corrected chi connectivity index (χ1v) is 6.18.